The van der Waals surface area contributed by atoms with Crippen LogP contribution in [0.3, 0.4) is 0 Å². The molecule has 2 aromatic rings. The first-order valence-corrected chi connectivity index (χ1v) is 7.70. The van der Waals surface area contributed by atoms with Crippen molar-refractivity contribution in [3.05, 3.63) is 51.2 Å². The summed E-state index contributed by atoms with van der Waals surface area (Å²) < 4.78 is 5.72. The van der Waals surface area contributed by atoms with Gasteiger partial charge in [-0.15, -0.1) is 22.9 Å². The molecule has 1 aliphatic rings. The Kier molecular flexibility index (Phi) is 3.11. The van der Waals surface area contributed by atoms with E-state index in [0.717, 1.165) is 17.9 Å². The van der Waals surface area contributed by atoms with Crippen LogP contribution in [0.15, 0.2) is 30.3 Å². The van der Waals surface area contributed by atoms with E-state index in [1.807, 2.05) is 0 Å². The summed E-state index contributed by atoms with van der Waals surface area (Å²) in [6, 6.07) is 10.6. The fraction of sp³-hybridized carbons (Fsp3) is 0.375. The maximum absolute atomic E-state index is 6.61. The number of alkyl halides is 1. The zero-order valence-corrected chi connectivity index (χ0v) is 12.9. The SMILES string of the molecule is Cc1ccc(C(Cl)c2ccc3c(c2)C(C)(C)CO3)s1. The second kappa shape index (κ2) is 4.53. The predicted molar refractivity (Wildman–Crippen MR) is 81.7 cm³/mol. The van der Waals surface area contributed by atoms with Gasteiger partial charge in [-0.05, 0) is 36.8 Å². The van der Waals surface area contributed by atoms with Gasteiger partial charge < -0.3 is 4.74 Å². The Hall–Kier alpha value is -0.990. The highest BCUT2D eigenvalue weighted by Gasteiger charge is 2.32. The van der Waals surface area contributed by atoms with Crippen molar-refractivity contribution in [1.82, 2.24) is 0 Å². The van der Waals surface area contributed by atoms with E-state index >= 15 is 0 Å². The minimum absolute atomic E-state index is 0.0691. The molecule has 0 fully saturated rings. The Balaban J connectivity index is 1.99. The minimum Gasteiger partial charge on any atom is -0.492 e. The topological polar surface area (TPSA) is 9.23 Å². The van der Waals surface area contributed by atoms with Crippen molar-refractivity contribution < 1.29 is 4.74 Å². The quantitative estimate of drug-likeness (QED) is 0.703. The van der Waals surface area contributed by atoms with Gasteiger partial charge in [0.25, 0.3) is 0 Å². The van der Waals surface area contributed by atoms with E-state index in [1.165, 1.54) is 15.3 Å². The van der Waals surface area contributed by atoms with E-state index in [9.17, 15) is 0 Å². The van der Waals surface area contributed by atoms with Crippen LogP contribution in [0.1, 0.15) is 40.1 Å². The van der Waals surface area contributed by atoms with Gasteiger partial charge in [-0.25, -0.2) is 0 Å². The van der Waals surface area contributed by atoms with Gasteiger partial charge in [0.2, 0.25) is 0 Å². The van der Waals surface area contributed by atoms with Crippen molar-refractivity contribution in [2.24, 2.45) is 0 Å². The molecular weight excluding hydrogens is 276 g/mol. The molecule has 0 bridgehead atoms. The summed E-state index contributed by atoms with van der Waals surface area (Å²) in [4.78, 5) is 2.50. The van der Waals surface area contributed by atoms with Gasteiger partial charge in [0, 0.05) is 20.7 Å². The lowest BCUT2D eigenvalue weighted by Crippen LogP contribution is -2.18. The third-order valence-corrected chi connectivity index (χ3v) is 5.31. The van der Waals surface area contributed by atoms with Crippen LogP contribution < -0.4 is 4.74 Å². The Labute approximate surface area is 123 Å². The van der Waals surface area contributed by atoms with Gasteiger partial charge in [0.05, 0.1) is 12.0 Å². The molecule has 1 atom stereocenters. The largest absolute Gasteiger partial charge is 0.492 e. The van der Waals surface area contributed by atoms with Crippen molar-refractivity contribution in [3.63, 3.8) is 0 Å². The Bertz CT molecular complexity index is 615. The normalized spacial score (nSPS) is 17.9. The van der Waals surface area contributed by atoms with Crippen LogP contribution in [-0.4, -0.2) is 6.61 Å². The molecule has 0 aliphatic carbocycles. The molecule has 1 aromatic carbocycles. The van der Waals surface area contributed by atoms with Gasteiger partial charge in [0.15, 0.2) is 0 Å². The molecule has 1 aliphatic heterocycles. The van der Waals surface area contributed by atoms with E-state index in [2.05, 4.69) is 51.1 Å². The smallest absolute Gasteiger partial charge is 0.123 e. The van der Waals surface area contributed by atoms with Crippen LogP contribution in [-0.2, 0) is 5.41 Å². The number of halogens is 1. The van der Waals surface area contributed by atoms with Crippen LogP contribution in [0.25, 0.3) is 0 Å². The monoisotopic (exact) mass is 292 g/mol. The molecule has 3 heteroatoms. The lowest BCUT2D eigenvalue weighted by Gasteiger charge is -2.17. The summed E-state index contributed by atoms with van der Waals surface area (Å²) in [5.41, 5.74) is 2.50. The zero-order valence-electron chi connectivity index (χ0n) is 11.4. The van der Waals surface area contributed by atoms with Crippen molar-refractivity contribution >= 4 is 22.9 Å². The molecular formula is C16H17ClOS. The maximum atomic E-state index is 6.61. The molecule has 0 saturated heterocycles. The van der Waals surface area contributed by atoms with Gasteiger partial charge >= 0.3 is 0 Å². The van der Waals surface area contributed by atoms with Crippen molar-refractivity contribution in [2.75, 3.05) is 6.61 Å². The van der Waals surface area contributed by atoms with E-state index in [0.29, 0.717) is 0 Å². The number of benzene rings is 1. The zero-order chi connectivity index (χ0) is 13.6. The Morgan fingerprint density at radius 3 is 2.74 bits per heavy atom. The number of hydrogen-bond donors (Lipinski definition) is 0. The second-order valence-corrected chi connectivity index (χ2v) is 7.50. The highest BCUT2D eigenvalue weighted by atomic mass is 35.5. The summed E-state index contributed by atoms with van der Waals surface area (Å²) in [5, 5.41) is -0.0691. The molecule has 2 heterocycles. The van der Waals surface area contributed by atoms with Crippen LogP contribution in [0.2, 0.25) is 0 Å². The highest BCUT2D eigenvalue weighted by molar-refractivity contribution is 7.12. The Morgan fingerprint density at radius 1 is 1.26 bits per heavy atom. The molecule has 0 saturated carbocycles. The molecule has 3 rings (SSSR count). The van der Waals surface area contributed by atoms with Crippen LogP contribution in [0.4, 0.5) is 0 Å². The highest BCUT2D eigenvalue weighted by Crippen LogP contribution is 2.42. The van der Waals surface area contributed by atoms with Crippen LogP contribution >= 0.6 is 22.9 Å². The van der Waals surface area contributed by atoms with Crippen LogP contribution in [0.5, 0.6) is 5.75 Å². The molecule has 0 spiro atoms. The van der Waals surface area contributed by atoms with Gasteiger partial charge in [-0.1, -0.05) is 19.9 Å². The van der Waals surface area contributed by atoms with Gasteiger partial charge in [-0.2, -0.15) is 0 Å². The third kappa shape index (κ3) is 2.28. The van der Waals surface area contributed by atoms with Gasteiger partial charge in [-0.3, -0.25) is 0 Å². The van der Waals surface area contributed by atoms with E-state index in [-0.39, 0.29) is 10.8 Å². The average molecular weight is 293 g/mol. The summed E-state index contributed by atoms with van der Waals surface area (Å²) in [6.07, 6.45) is 0. The van der Waals surface area contributed by atoms with Crippen molar-refractivity contribution in [2.45, 2.75) is 31.6 Å². The van der Waals surface area contributed by atoms with E-state index < -0.39 is 0 Å². The summed E-state index contributed by atoms with van der Waals surface area (Å²) in [5.74, 6) is 1.000. The van der Waals surface area contributed by atoms with E-state index in [1.54, 1.807) is 11.3 Å². The van der Waals surface area contributed by atoms with Crippen molar-refractivity contribution in [1.29, 1.82) is 0 Å². The summed E-state index contributed by atoms with van der Waals surface area (Å²) >= 11 is 8.37. The number of ether oxygens (including phenoxy) is 1. The maximum Gasteiger partial charge on any atom is 0.123 e. The number of thiophene rings is 1. The molecule has 0 radical (unpaired) electrons. The lowest BCUT2D eigenvalue weighted by molar-refractivity contribution is 0.291. The molecule has 19 heavy (non-hydrogen) atoms. The third-order valence-electron chi connectivity index (χ3n) is 3.62. The summed E-state index contributed by atoms with van der Waals surface area (Å²) in [7, 11) is 0. The minimum atomic E-state index is -0.0691. The number of rotatable bonds is 2. The molecule has 0 N–H and O–H groups in total. The fourth-order valence-electron chi connectivity index (χ4n) is 2.45. The molecule has 100 valence electrons. The fourth-order valence-corrected chi connectivity index (χ4v) is 3.68. The predicted octanol–water partition coefficient (Wildman–Crippen LogP) is 5.05. The van der Waals surface area contributed by atoms with Crippen molar-refractivity contribution in [3.8, 4) is 5.75 Å². The standard InChI is InChI=1S/C16H17ClOS/c1-10-4-7-14(19-10)15(17)11-5-6-13-12(8-11)16(2,3)9-18-13/h4-8,15H,9H2,1-3H3. The number of aryl methyl sites for hydroxylation is 1. The Morgan fingerprint density at radius 2 is 2.05 bits per heavy atom. The molecule has 1 nitrogen and oxygen atoms in total. The first-order valence-electron chi connectivity index (χ1n) is 6.45. The van der Waals surface area contributed by atoms with E-state index in [4.69, 9.17) is 16.3 Å². The first-order chi connectivity index (χ1) is 8.97. The molecule has 1 unspecified atom stereocenters. The van der Waals surface area contributed by atoms with Gasteiger partial charge in [0.1, 0.15) is 5.75 Å². The summed E-state index contributed by atoms with van der Waals surface area (Å²) in [6.45, 7) is 7.27. The van der Waals surface area contributed by atoms with Crippen LogP contribution in [0, 0.1) is 6.92 Å². The average Bonchev–Trinajstić information content (AvgIpc) is 2.93. The molecule has 0 amide bonds. The lowest BCUT2D eigenvalue weighted by atomic mass is 9.86. The first kappa shape index (κ1) is 13.0. The number of hydrogen-bond acceptors (Lipinski definition) is 2. The number of fused-ring (bicyclic) bond motifs is 1. The second-order valence-electron chi connectivity index (χ2n) is 5.74. The molecule has 1 aromatic heterocycles.